The fourth-order valence-electron chi connectivity index (χ4n) is 3.46. The van der Waals surface area contributed by atoms with E-state index in [9.17, 15) is 9.59 Å². The van der Waals surface area contributed by atoms with E-state index in [1.54, 1.807) is 17.0 Å². The molecule has 0 bridgehead atoms. The van der Waals surface area contributed by atoms with E-state index in [1.807, 2.05) is 30.3 Å². The summed E-state index contributed by atoms with van der Waals surface area (Å²) in [5, 5.41) is 7.83. The Balaban J connectivity index is 1.37. The molecule has 0 saturated carbocycles. The average Bonchev–Trinajstić information content (AvgIpc) is 3.06. The Bertz CT molecular complexity index is 1100. The Morgan fingerprint density at radius 2 is 1.73 bits per heavy atom. The lowest BCUT2D eigenvalue weighted by Crippen LogP contribution is -2.47. The molecule has 0 unspecified atom stereocenters. The summed E-state index contributed by atoms with van der Waals surface area (Å²) >= 11 is 20.0. The van der Waals surface area contributed by atoms with Crippen molar-refractivity contribution in [3.8, 4) is 0 Å². The topological polar surface area (TPSA) is 61.4 Å². The number of para-hydroxylation sites is 1. The highest BCUT2D eigenvalue weighted by atomic mass is 35.5. The van der Waals surface area contributed by atoms with Crippen LogP contribution in [0.1, 0.15) is 22.5 Å². The number of anilines is 1. The molecule has 1 fully saturated rings. The lowest BCUT2D eigenvalue weighted by molar-refractivity contribution is 0.0923. The fourth-order valence-corrected chi connectivity index (χ4v) is 5.74. The van der Waals surface area contributed by atoms with E-state index < -0.39 is 0 Å². The first-order valence-corrected chi connectivity index (χ1v) is 11.4. The number of halogens is 3. The van der Waals surface area contributed by atoms with Crippen LogP contribution in [0.5, 0.6) is 0 Å². The summed E-state index contributed by atoms with van der Waals surface area (Å²) in [5.74, 6) is -0.236. The highest BCUT2D eigenvalue weighted by Gasteiger charge is 2.26. The van der Waals surface area contributed by atoms with Gasteiger partial charge >= 0.3 is 6.03 Å². The number of rotatable bonds is 3. The second-order valence-corrected chi connectivity index (χ2v) is 9.31. The normalized spacial score (nSPS) is 14.7. The lowest BCUT2D eigenvalue weighted by Gasteiger charge is -2.32. The van der Waals surface area contributed by atoms with Crippen molar-refractivity contribution in [1.29, 1.82) is 0 Å². The number of hydrogen-bond acceptors (Lipinski definition) is 3. The highest BCUT2D eigenvalue weighted by Crippen LogP contribution is 2.41. The number of benzene rings is 2. The monoisotopic (exact) mass is 481 g/mol. The van der Waals surface area contributed by atoms with Gasteiger partial charge in [-0.05, 0) is 37.1 Å². The first-order chi connectivity index (χ1) is 14.4. The van der Waals surface area contributed by atoms with Gasteiger partial charge in [0.05, 0.1) is 10.0 Å². The van der Waals surface area contributed by atoms with Crippen molar-refractivity contribution >= 4 is 73.9 Å². The molecular weight excluding hydrogens is 465 g/mol. The zero-order valence-electron chi connectivity index (χ0n) is 15.8. The molecule has 1 aliphatic heterocycles. The number of amides is 3. The Kier molecular flexibility index (Phi) is 6.39. The smallest absolute Gasteiger partial charge is 0.321 e. The Morgan fingerprint density at radius 1 is 1.03 bits per heavy atom. The molecule has 156 valence electrons. The van der Waals surface area contributed by atoms with Crippen molar-refractivity contribution in [1.82, 2.24) is 10.2 Å². The zero-order valence-corrected chi connectivity index (χ0v) is 18.8. The van der Waals surface area contributed by atoms with Crippen LogP contribution in [0, 0.1) is 0 Å². The summed E-state index contributed by atoms with van der Waals surface area (Å²) in [5.41, 5.74) is 0.760. The molecule has 0 spiro atoms. The van der Waals surface area contributed by atoms with Crippen molar-refractivity contribution < 1.29 is 9.59 Å². The molecule has 1 aromatic heterocycles. The molecule has 3 amide bonds. The fraction of sp³-hybridized carbons (Fsp3) is 0.238. The van der Waals surface area contributed by atoms with E-state index in [4.69, 9.17) is 34.8 Å². The minimum absolute atomic E-state index is 0.0291. The third kappa shape index (κ3) is 4.52. The summed E-state index contributed by atoms with van der Waals surface area (Å²) in [6, 6.07) is 12.5. The molecule has 1 aliphatic rings. The average molecular weight is 483 g/mol. The Hall–Kier alpha value is -1.99. The minimum atomic E-state index is -0.236. The van der Waals surface area contributed by atoms with Crippen molar-refractivity contribution in [3.05, 3.63) is 62.4 Å². The number of piperidine rings is 1. The van der Waals surface area contributed by atoms with Crippen LogP contribution in [0.3, 0.4) is 0 Å². The van der Waals surface area contributed by atoms with Crippen LogP contribution >= 0.6 is 46.1 Å². The van der Waals surface area contributed by atoms with Gasteiger partial charge in [0, 0.05) is 39.9 Å². The Morgan fingerprint density at radius 3 is 2.43 bits per heavy atom. The maximum atomic E-state index is 12.8. The number of carbonyl (C=O) groups is 2. The summed E-state index contributed by atoms with van der Waals surface area (Å²) < 4.78 is 0.773. The van der Waals surface area contributed by atoms with Crippen LogP contribution < -0.4 is 10.6 Å². The molecule has 1 saturated heterocycles. The molecule has 2 N–H and O–H groups in total. The molecule has 3 aromatic rings. The third-order valence-corrected chi connectivity index (χ3v) is 7.14. The quantitative estimate of drug-likeness (QED) is 0.461. The van der Waals surface area contributed by atoms with E-state index in [-0.39, 0.29) is 18.0 Å². The van der Waals surface area contributed by atoms with E-state index in [0.717, 1.165) is 10.4 Å². The van der Waals surface area contributed by atoms with Gasteiger partial charge in [-0.3, -0.25) is 4.79 Å². The number of likely N-dealkylation sites (tertiary alicyclic amines) is 1. The van der Waals surface area contributed by atoms with Gasteiger partial charge in [0.2, 0.25) is 0 Å². The zero-order chi connectivity index (χ0) is 21.3. The standard InChI is InChI=1S/C21H18Cl3N3O2S/c22-12-10-15(23)17-16(11-12)30-19(18(17)24)20(28)25-14-6-8-27(9-7-14)21(29)26-13-4-2-1-3-5-13/h1-5,10-11,14H,6-9H2,(H,25,28)(H,26,29). The Labute approximate surface area is 192 Å². The number of fused-ring (bicyclic) bond motifs is 1. The molecule has 2 heterocycles. The van der Waals surface area contributed by atoms with E-state index in [0.29, 0.717) is 51.3 Å². The molecule has 0 atom stereocenters. The lowest BCUT2D eigenvalue weighted by atomic mass is 10.1. The molecular formula is C21H18Cl3N3O2S. The van der Waals surface area contributed by atoms with Gasteiger partial charge in [0.25, 0.3) is 5.91 Å². The number of hydrogen-bond donors (Lipinski definition) is 2. The van der Waals surface area contributed by atoms with Gasteiger partial charge in [-0.2, -0.15) is 0 Å². The minimum Gasteiger partial charge on any atom is -0.348 e. The van der Waals surface area contributed by atoms with Crippen LogP contribution in [0.4, 0.5) is 10.5 Å². The molecule has 0 radical (unpaired) electrons. The van der Waals surface area contributed by atoms with Gasteiger partial charge in [-0.15, -0.1) is 11.3 Å². The van der Waals surface area contributed by atoms with Crippen LogP contribution in [0.15, 0.2) is 42.5 Å². The number of thiophene rings is 1. The van der Waals surface area contributed by atoms with E-state index >= 15 is 0 Å². The van der Waals surface area contributed by atoms with Gasteiger partial charge in [0.1, 0.15) is 4.88 Å². The molecule has 2 aromatic carbocycles. The number of nitrogens with one attached hydrogen (secondary N) is 2. The first kappa shape index (κ1) is 21.2. The predicted octanol–water partition coefficient (Wildman–Crippen LogP) is 6.29. The molecule has 0 aliphatic carbocycles. The second kappa shape index (κ2) is 9.02. The number of urea groups is 1. The van der Waals surface area contributed by atoms with E-state index in [1.165, 1.54) is 11.3 Å². The maximum Gasteiger partial charge on any atom is 0.321 e. The van der Waals surface area contributed by atoms with Crippen molar-refractivity contribution in [2.75, 3.05) is 18.4 Å². The maximum absolute atomic E-state index is 12.8. The summed E-state index contributed by atoms with van der Waals surface area (Å²) in [4.78, 5) is 27.4. The number of carbonyl (C=O) groups excluding carboxylic acids is 2. The molecule has 4 rings (SSSR count). The first-order valence-electron chi connectivity index (χ1n) is 9.41. The highest BCUT2D eigenvalue weighted by molar-refractivity contribution is 7.21. The van der Waals surface area contributed by atoms with Crippen molar-refractivity contribution in [3.63, 3.8) is 0 Å². The SMILES string of the molecule is O=C(NC1CCN(C(=O)Nc2ccccc2)CC1)c1sc2cc(Cl)cc(Cl)c2c1Cl. The molecule has 9 heteroatoms. The van der Waals surface area contributed by atoms with Gasteiger partial charge in [-0.1, -0.05) is 53.0 Å². The largest absolute Gasteiger partial charge is 0.348 e. The van der Waals surface area contributed by atoms with Crippen molar-refractivity contribution in [2.24, 2.45) is 0 Å². The van der Waals surface area contributed by atoms with Crippen LogP contribution in [0.25, 0.3) is 10.1 Å². The summed E-state index contributed by atoms with van der Waals surface area (Å²) in [6.45, 7) is 1.12. The van der Waals surface area contributed by atoms with Crippen LogP contribution in [-0.4, -0.2) is 36.0 Å². The second-order valence-electron chi connectivity index (χ2n) is 7.04. The van der Waals surface area contributed by atoms with Crippen molar-refractivity contribution in [2.45, 2.75) is 18.9 Å². The summed E-state index contributed by atoms with van der Waals surface area (Å²) in [6.07, 6.45) is 1.34. The molecule has 5 nitrogen and oxygen atoms in total. The van der Waals surface area contributed by atoms with Gasteiger partial charge in [0.15, 0.2) is 0 Å². The van der Waals surface area contributed by atoms with Crippen LogP contribution in [0.2, 0.25) is 15.1 Å². The van der Waals surface area contributed by atoms with Crippen LogP contribution in [-0.2, 0) is 0 Å². The van der Waals surface area contributed by atoms with Gasteiger partial charge in [-0.25, -0.2) is 4.79 Å². The van der Waals surface area contributed by atoms with E-state index in [2.05, 4.69) is 10.6 Å². The third-order valence-electron chi connectivity index (χ3n) is 5.00. The predicted molar refractivity (Wildman–Crippen MR) is 124 cm³/mol. The van der Waals surface area contributed by atoms with Gasteiger partial charge < -0.3 is 15.5 Å². The summed E-state index contributed by atoms with van der Waals surface area (Å²) in [7, 11) is 0. The number of nitrogens with zero attached hydrogens (tertiary/aromatic N) is 1. The molecule has 30 heavy (non-hydrogen) atoms.